The summed E-state index contributed by atoms with van der Waals surface area (Å²) >= 11 is 0. The number of benzene rings is 1. The smallest absolute Gasteiger partial charge is 0.410 e. The molecule has 6 rings (SSSR count). The molecule has 0 saturated carbocycles. The molecule has 3 atom stereocenters. The fourth-order valence-electron chi connectivity index (χ4n) is 6.97. The zero-order chi connectivity index (χ0) is 32.4. The number of nitrogens with one attached hydrogen (secondary N) is 3. The van der Waals surface area contributed by atoms with Gasteiger partial charge in [-0.25, -0.2) is 9.78 Å². The number of piperazine rings is 2. The summed E-state index contributed by atoms with van der Waals surface area (Å²) in [6.07, 6.45) is 5.96. The Morgan fingerprint density at radius 3 is 2.54 bits per heavy atom. The second-order valence-corrected chi connectivity index (χ2v) is 13.5. The number of carbonyl (C=O) groups is 1. The lowest BCUT2D eigenvalue weighted by Gasteiger charge is -2.45. The predicted molar refractivity (Wildman–Crippen MR) is 178 cm³/mol. The van der Waals surface area contributed by atoms with Crippen molar-refractivity contribution < 1.29 is 19.4 Å². The first-order valence-corrected chi connectivity index (χ1v) is 16.4. The van der Waals surface area contributed by atoms with Gasteiger partial charge in [-0.1, -0.05) is 12.1 Å². The number of likely N-dealkylation sites (tertiary alicyclic amines) is 1. The molecule has 1 aromatic heterocycles. The van der Waals surface area contributed by atoms with Crippen molar-refractivity contribution in [3.63, 3.8) is 0 Å². The number of phenols is 1. The number of fused-ring (bicyclic) bond motifs is 2. The number of allylic oxidation sites excluding steroid dienone is 1. The van der Waals surface area contributed by atoms with Gasteiger partial charge >= 0.3 is 6.09 Å². The maximum atomic E-state index is 12.5. The van der Waals surface area contributed by atoms with Crippen LogP contribution in [-0.4, -0.2) is 108 Å². The van der Waals surface area contributed by atoms with Gasteiger partial charge in [-0.3, -0.25) is 15.8 Å². The maximum absolute atomic E-state index is 12.5. The molecule has 12 heteroatoms. The van der Waals surface area contributed by atoms with E-state index < -0.39 is 5.60 Å². The van der Waals surface area contributed by atoms with Crippen molar-refractivity contribution in [2.45, 2.75) is 64.3 Å². The van der Waals surface area contributed by atoms with E-state index in [-0.39, 0.29) is 17.9 Å². The van der Waals surface area contributed by atoms with E-state index >= 15 is 0 Å². The van der Waals surface area contributed by atoms with Gasteiger partial charge in [0.25, 0.3) is 0 Å². The zero-order valence-electron chi connectivity index (χ0n) is 27.6. The third kappa shape index (κ3) is 6.91. The number of ether oxygens (including phenoxy) is 2. The first-order chi connectivity index (χ1) is 22.1. The van der Waals surface area contributed by atoms with Crippen molar-refractivity contribution in [1.82, 2.24) is 35.9 Å². The van der Waals surface area contributed by atoms with Crippen molar-refractivity contribution in [1.29, 1.82) is 0 Å². The number of amides is 1. The third-order valence-corrected chi connectivity index (χ3v) is 9.19. The summed E-state index contributed by atoms with van der Waals surface area (Å²) in [5, 5.41) is 13.7. The normalized spacial score (nSPS) is 23.5. The zero-order valence-corrected chi connectivity index (χ0v) is 27.6. The molecule has 4 N–H and O–H groups in total. The van der Waals surface area contributed by atoms with Crippen molar-refractivity contribution in [3.8, 4) is 11.6 Å². The van der Waals surface area contributed by atoms with E-state index in [1.807, 2.05) is 52.2 Å². The van der Waals surface area contributed by atoms with Crippen molar-refractivity contribution in [3.05, 3.63) is 65.8 Å². The molecule has 3 fully saturated rings. The summed E-state index contributed by atoms with van der Waals surface area (Å²) in [7, 11) is 1.91. The van der Waals surface area contributed by atoms with Gasteiger partial charge in [0.05, 0.1) is 11.4 Å². The first-order valence-electron chi connectivity index (χ1n) is 16.4. The summed E-state index contributed by atoms with van der Waals surface area (Å²) in [5.41, 5.74) is 9.83. The Bertz CT molecular complexity index is 1460. The number of phenolic OH excluding ortho intramolecular Hbond substituents is 1. The highest BCUT2D eigenvalue weighted by atomic mass is 16.6. The lowest BCUT2D eigenvalue weighted by molar-refractivity contribution is 0.00424. The third-order valence-electron chi connectivity index (χ3n) is 9.19. The molecule has 5 heterocycles. The van der Waals surface area contributed by atoms with Crippen LogP contribution in [0.25, 0.3) is 5.70 Å². The van der Waals surface area contributed by atoms with Gasteiger partial charge in [0.1, 0.15) is 23.8 Å². The van der Waals surface area contributed by atoms with Crippen LogP contribution in [0.4, 0.5) is 10.5 Å². The number of nitrogens with zero attached hydrogens (tertiary/aromatic N) is 5. The van der Waals surface area contributed by atoms with Crippen molar-refractivity contribution in [2.75, 3.05) is 57.8 Å². The fraction of sp³-hybridized carbons (Fsp3) is 0.529. The number of anilines is 1. The van der Waals surface area contributed by atoms with Crippen LogP contribution in [0, 0.1) is 0 Å². The van der Waals surface area contributed by atoms with E-state index in [0.717, 1.165) is 67.5 Å². The van der Waals surface area contributed by atoms with Crippen LogP contribution >= 0.6 is 0 Å². The average Bonchev–Trinajstić information content (AvgIpc) is 3.30. The van der Waals surface area contributed by atoms with Crippen LogP contribution in [0.15, 0.2) is 60.2 Å². The Morgan fingerprint density at radius 1 is 1.09 bits per heavy atom. The maximum Gasteiger partial charge on any atom is 0.410 e. The molecule has 0 spiro atoms. The molecule has 2 aromatic rings. The Kier molecular flexibility index (Phi) is 9.08. The van der Waals surface area contributed by atoms with E-state index in [4.69, 9.17) is 9.47 Å². The van der Waals surface area contributed by atoms with Crippen molar-refractivity contribution >= 4 is 17.5 Å². The number of carbonyl (C=O) groups excluding carboxylic acids is 1. The number of hydrogen-bond acceptors (Lipinski definition) is 11. The fourth-order valence-corrected chi connectivity index (χ4v) is 6.97. The lowest BCUT2D eigenvalue weighted by atomic mass is 10.1. The minimum Gasteiger partial charge on any atom is -0.507 e. The predicted octanol–water partition coefficient (Wildman–Crippen LogP) is 3.30. The van der Waals surface area contributed by atoms with Crippen LogP contribution in [0.1, 0.15) is 46.1 Å². The first kappa shape index (κ1) is 31.7. The molecular weight excluding hydrogens is 584 g/mol. The largest absolute Gasteiger partial charge is 0.507 e. The molecule has 2 bridgehead atoms. The van der Waals surface area contributed by atoms with Gasteiger partial charge in [-0.15, -0.1) is 0 Å². The van der Waals surface area contributed by atoms with Gasteiger partial charge < -0.3 is 34.6 Å². The Labute approximate surface area is 272 Å². The molecule has 3 saturated heterocycles. The van der Waals surface area contributed by atoms with Crippen LogP contribution in [0.2, 0.25) is 0 Å². The number of hydrazine groups is 1. The number of para-hydroxylation sites is 1. The average molecular weight is 633 g/mol. The standard InChI is InChI=1S/C34H48N8O4/c1-23-20-40(33(44)46-34(2,3)4)15-14-39(23)16-17-45-31-18-24(12-13-36-31)42-25-10-11-26(42)22-41(21-25)29-19-28(37-38-32(29)35-5)27-8-6-7-9-30(27)43/h6-9,12-13,18-19,23,25-26,35,37-38,43H,10-11,14-17,20-22H2,1-5H3. The summed E-state index contributed by atoms with van der Waals surface area (Å²) in [6.45, 7) is 13.0. The number of hydrogen-bond donors (Lipinski definition) is 4. The van der Waals surface area contributed by atoms with E-state index in [2.05, 4.69) is 61.0 Å². The van der Waals surface area contributed by atoms with Crippen LogP contribution in [0.5, 0.6) is 11.6 Å². The number of pyridine rings is 1. The molecule has 1 amide bonds. The summed E-state index contributed by atoms with van der Waals surface area (Å²) < 4.78 is 11.7. The molecular formula is C34H48N8O4. The number of rotatable bonds is 8. The van der Waals surface area contributed by atoms with E-state index in [1.165, 1.54) is 0 Å². The van der Waals surface area contributed by atoms with Crippen LogP contribution in [0.3, 0.4) is 0 Å². The topological polar surface area (TPSA) is 118 Å². The second-order valence-electron chi connectivity index (χ2n) is 13.5. The molecule has 12 nitrogen and oxygen atoms in total. The molecule has 1 aromatic carbocycles. The lowest BCUT2D eigenvalue weighted by Crippen LogP contribution is -2.55. The van der Waals surface area contributed by atoms with Gasteiger partial charge in [0.15, 0.2) is 0 Å². The highest BCUT2D eigenvalue weighted by molar-refractivity contribution is 5.72. The van der Waals surface area contributed by atoms with Crippen molar-refractivity contribution in [2.24, 2.45) is 0 Å². The molecule has 0 radical (unpaired) electrons. The second kappa shape index (κ2) is 13.2. The molecule has 3 unspecified atom stereocenters. The summed E-state index contributed by atoms with van der Waals surface area (Å²) in [5.74, 6) is 1.79. The van der Waals surface area contributed by atoms with E-state index in [0.29, 0.717) is 37.7 Å². The van der Waals surface area contributed by atoms with Gasteiger partial charge in [0, 0.05) is 88.0 Å². The Balaban J connectivity index is 1.06. The number of aromatic nitrogens is 1. The van der Waals surface area contributed by atoms with Crippen LogP contribution < -0.4 is 25.8 Å². The highest BCUT2D eigenvalue weighted by Gasteiger charge is 2.41. The highest BCUT2D eigenvalue weighted by Crippen LogP contribution is 2.38. The molecule has 4 aliphatic heterocycles. The molecule has 248 valence electrons. The Hall–Kier alpha value is -4.32. The minimum atomic E-state index is -0.492. The minimum absolute atomic E-state index is 0.217. The van der Waals surface area contributed by atoms with E-state index in [1.54, 1.807) is 11.0 Å². The monoisotopic (exact) mass is 632 g/mol. The molecule has 4 aliphatic rings. The summed E-state index contributed by atoms with van der Waals surface area (Å²) in [4.78, 5) is 26.2. The van der Waals surface area contributed by atoms with Gasteiger partial charge in [-0.2, -0.15) is 0 Å². The molecule has 46 heavy (non-hydrogen) atoms. The number of aromatic hydroxyl groups is 1. The van der Waals surface area contributed by atoms with Gasteiger partial charge in [-0.05, 0) is 64.8 Å². The van der Waals surface area contributed by atoms with Crippen LogP contribution in [-0.2, 0) is 4.74 Å². The Morgan fingerprint density at radius 2 is 1.85 bits per heavy atom. The SMILES string of the molecule is CNC1=C(N2CC3CCC(C2)N3c2ccnc(OCCN3CCN(C(=O)OC(C)(C)C)CC3C)c2)C=C(c2ccccc2O)NN1. The quantitative estimate of drug-likeness (QED) is 0.344. The van der Waals surface area contributed by atoms with Gasteiger partial charge in [0.2, 0.25) is 5.88 Å². The van der Waals surface area contributed by atoms with E-state index in [9.17, 15) is 9.90 Å². The summed E-state index contributed by atoms with van der Waals surface area (Å²) in [6, 6.07) is 12.5. The molecule has 0 aliphatic carbocycles.